The van der Waals surface area contributed by atoms with Gasteiger partial charge in [-0.05, 0) is 89.2 Å². The third-order valence-corrected chi connectivity index (χ3v) is 10.6. The van der Waals surface area contributed by atoms with E-state index in [0.29, 0.717) is 19.3 Å². The minimum Gasteiger partial charge on any atom is -0.466 e. The second-order valence-corrected chi connectivity index (χ2v) is 15.9. The molecule has 1 aromatic heterocycles. The lowest BCUT2D eigenvalue weighted by Gasteiger charge is -2.19. The number of phosphoric ester groups is 1. The molecule has 2 heterocycles. The highest BCUT2D eigenvalue weighted by atomic mass is 31.2. The summed E-state index contributed by atoms with van der Waals surface area (Å²) in [6, 6.07) is 0. The number of hydrogen-bond acceptors (Lipinski definition) is 10. The molecule has 0 aromatic carbocycles. The molecule has 1 aromatic rings. The molecule has 314 valence electrons. The van der Waals surface area contributed by atoms with Crippen molar-refractivity contribution in [3.8, 4) is 0 Å². The molecule has 0 radical (unpaired) electrons. The zero-order valence-electron chi connectivity index (χ0n) is 34.3. The standard InChI is InChI=1S/C43H72NO10P/c1-5-7-8-9-10-11-12-16-21-27-40-41(54-40)28-22-18-19-23-29-42(45)49-33-37(34-51-55(47,48)50-32-31-44)52-43(46)30-24-17-14-13-15-20-26-39-36(4)35(3)38(53-39)25-6-2/h10-11,16,18,21-22,37,40-41H,5-9,12-15,17,19-20,23-34,44H2,1-4H3,(H,47,48)/b11-10-,21-16-,22-18-/t37-,40?,41?/m1/s1. The quantitative estimate of drug-likeness (QED) is 0.0225. The number of rotatable bonds is 34. The molecule has 3 N–H and O–H groups in total. The van der Waals surface area contributed by atoms with E-state index >= 15 is 0 Å². The number of unbranched alkanes of at least 4 members (excludes halogenated alkanes) is 9. The highest BCUT2D eigenvalue weighted by Crippen LogP contribution is 2.43. The van der Waals surface area contributed by atoms with Gasteiger partial charge in [-0.2, -0.15) is 0 Å². The summed E-state index contributed by atoms with van der Waals surface area (Å²) in [5.74, 6) is 1.28. The van der Waals surface area contributed by atoms with Crippen LogP contribution in [0.4, 0.5) is 0 Å². The first-order valence-corrected chi connectivity index (χ1v) is 22.4. The molecule has 1 aliphatic heterocycles. The van der Waals surface area contributed by atoms with Crippen molar-refractivity contribution in [2.24, 2.45) is 5.73 Å². The van der Waals surface area contributed by atoms with Crippen LogP contribution < -0.4 is 5.73 Å². The lowest BCUT2D eigenvalue weighted by Crippen LogP contribution is -2.29. The summed E-state index contributed by atoms with van der Waals surface area (Å²) in [4.78, 5) is 35.0. The zero-order valence-corrected chi connectivity index (χ0v) is 35.2. The molecule has 3 unspecified atom stereocenters. The Balaban J connectivity index is 1.61. The van der Waals surface area contributed by atoms with Crippen LogP contribution in [0.3, 0.4) is 0 Å². The number of phosphoric acid groups is 1. The van der Waals surface area contributed by atoms with E-state index in [4.69, 9.17) is 33.4 Å². The SMILES string of the molecule is CCCCC/C=C\C/C=C\CC1OC1C/C=C\CCCC(=O)OC[C@H](COP(=O)(O)OCCN)OC(=O)CCCCCCCCc1oc(CCC)c(C)c1C. The van der Waals surface area contributed by atoms with Crippen LogP contribution in [0.2, 0.25) is 0 Å². The van der Waals surface area contributed by atoms with Crippen LogP contribution in [0.1, 0.15) is 152 Å². The van der Waals surface area contributed by atoms with Crippen molar-refractivity contribution in [2.45, 2.75) is 174 Å². The van der Waals surface area contributed by atoms with Crippen LogP contribution in [-0.4, -0.2) is 61.5 Å². The number of epoxide rings is 1. The molecule has 1 fully saturated rings. The van der Waals surface area contributed by atoms with Crippen LogP contribution >= 0.6 is 7.82 Å². The first-order chi connectivity index (χ1) is 26.6. The normalized spacial score (nSPS) is 17.3. The van der Waals surface area contributed by atoms with Gasteiger partial charge in [0.2, 0.25) is 0 Å². The zero-order chi connectivity index (χ0) is 40.2. The van der Waals surface area contributed by atoms with Crippen molar-refractivity contribution < 1.29 is 46.7 Å². The van der Waals surface area contributed by atoms with Gasteiger partial charge in [-0.3, -0.25) is 18.6 Å². The Labute approximate surface area is 331 Å². The van der Waals surface area contributed by atoms with Crippen molar-refractivity contribution in [2.75, 3.05) is 26.4 Å². The summed E-state index contributed by atoms with van der Waals surface area (Å²) < 4.78 is 44.6. The number of nitrogens with two attached hydrogens (primary N) is 1. The molecule has 0 saturated carbocycles. The summed E-state index contributed by atoms with van der Waals surface area (Å²) >= 11 is 0. The van der Waals surface area contributed by atoms with Gasteiger partial charge in [-0.15, -0.1) is 0 Å². The average Bonchev–Trinajstić information content (AvgIpc) is 3.86. The number of aryl methyl sites for hydroxylation is 2. The number of ether oxygens (including phenoxy) is 3. The van der Waals surface area contributed by atoms with Crippen molar-refractivity contribution in [1.82, 2.24) is 0 Å². The van der Waals surface area contributed by atoms with Crippen molar-refractivity contribution in [3.63, 3.8) is 0 Å². The Morgan fingerprint density at radius 3 is 2.07 bits per heavy atom. The van der Waals surface area contributed by atoms with Crippen LogP contribution in [-0.2, 0) is 50.3 Å². The molecule has 12 heteroatoms. The second-order valence-electron chi connectivity index (χ2n) is 14.5. The van der Waals surface area contributed by atoms with Crippen molar-refractivity contribution in [1.29, 1.82) is 0 Å². The molecule has 0 spiro atoms. The van der Waals surface area contributed by atoms with E-state index in [1.54, 1.807) is 0 Å². The molecule has 0 amide bonds. The maximum absolute atomic E-state index is 12.6. The lowest BCUT2D eigenvalue weighted by molar-refractivity contribution is -0.161. The molecule has 4 atom stereocenters. The van der Waals surface area contributed by atoms with Gasteiger partial charge in [-0.1, -0.05) is 88.8 Å². The molecule has 0 aliphatic carbocycles. The third kappa shape index (κ3) is 23.3. The highest BCUT2D eigenvalue weighted by Gasteiger charge is 2.36. The molecule has 11 nitrogen and oxygen atoms in total. The van der Waals surface area contributed by atoms with Crippen LogP contribution in [0.15, 0.2) is 40.9 Å². The van der Waals surface area contributed by atoms with Crippen molar-refractivity contribution in [3.05, 3.63) is 59.1 Å². The Hall–Kier alpha value is -2.53. The number of allylic oxidation sites excluding steroid dienone is 4. The monoisotopic (exact) mass is 793 g/mol. The molecule has 1 saturated heterocycles. The van der Waals surface area contributed by atoms with Gasteiger partial charge in [-0.25, -0.2) is 4.57 Å². The van der Waals surface area contributed by atoms with Gasteiger partial charge in [0, 0.05) is 32.2 Å². The van der Waals surface area contributed by atoms with E-state index in [1.165, 1.54) is 30.4 Å². The first kappa shape index (κ1) is 48.6. The smallest absolute Gasteiger partial charge is 0.466 e. The van der Waals surface area contributed by atoms with E-state index in [1.807, 2.05) is 0 Å². The fourth-order valence-corrected chi connectivity index (χ4v) is 6.89. The summed E-state index contributed by atoms with van der Waals surface area (Å²) in [6.45, 7) is 7.76. The van der Waals surface area contributed by atoms with Gasteiger partial charge in [0.25, 0.3) is 0 Å². The predicted octanol–water partition coefficient (Wildman–Crippen LogP) is 10.0. The van der Waals surface area contributed by atoms with E-state index in [-0.39, 0.29) is 44.8 Å². The number of esters is 2. The summed E-state index contributed by atoms with van der Waals surface area (Å²) in [5.41, 5.74) is 7.90. The molecule has 55 heavy (non-hydrogen) atoms. The van der Waals surface area contributed by atoms with E-state index in [9.17, 15) is 19.0 Å². The number of hydrogen-bond donors (Lipinski definition) is 2. The van der Waals surface area contributed by atoms with Crippen molar-refractivity contribution >= 4 is 19.8 Å². The minimum atomic E-state index is -4.41. The van der Waals surface area contributed by atoms with Gasteiger partial charge in [0.1, 0.15) is 18.1 Å². The van der Waals surface area contributed by atoms with Gasteiger partial charge in [0.05, 0.1) is 25.4 Å². The fraction of sp³-hybridized carbons (Fsp3) is 0.721. The Bertz CT molecular complexity index is 1340. The Morgan fingerprint density at radius 2 is 1.36 bits per heavy atom. The third-order valence-electron chi connectivity index (χ3n) is 9.60. The molecular weight excluding hydrogens is 721 g/mol. The number of furan rings is 1. The second kappa shape index (κ2) is 29.7. The highest BCUT2D eigenvalue weighted by molar-refractivity contribution is 7.47. The summed E-state index contributed by atoms with van der Waals surface area (Å²) in [5, 5.41) is 0. The Kier molecular flexibility index (Phi) is 26.2. The number of carbonyl (C=O) groups is 2. The lowest BCUT2D eigenvalue weighted by atomic mass is 10.0. The molecule has 1 aliphatic rings. The van der Waals surface area contributed by atoms with Crippen LogP contribution in [0.5, 0.6) is 0 Å². The van der Waals surface area contributed by atoms with Gasteiger partial charge >= 0.3 is 19.8 Å². The fourth-order valence-electron chi connectivity index (χ4n) is 6.13. The summed E-state index contributed by atoms with van der Waals surface area (Å²) in [7, 11) is -4.41. The van der Waals surface area contributed by atoms with Crippen LogP contribution in [0, 0.1) is 13.8 Å². The topological polar surface area (TPSA) is 160 Å². The Morgan fingerprint density at radius 1 is 0.745 bits per heavy atom. The predicted molar refractivity (Wildman–Crippen MR) is 218 cm³/mol. The average molecular weight is 794 g/mol. The van der Waals surface area contributed by atoms with E-state index in [2.05, 4.69) is 64.2 Å². The molecule has 0 bridgehead atoms. The van der Waals surface area contributed by atoms with E-state index in [0.717, 1.165) is 88.6 Å². The van der Waals surface area contributed by atoms with E-state index < -0.39 is 32.5 Å². The van der Waals surface area contributed by atoms with Crippen LogP contribution in [0.25, 0.3) is 0 Å². The molecule has 2 rings (SSSR count). The van der Waals surface area contributed by atoms with Gasteiger partial charge in [0.15, 0.2) is 6.10 Å². The summed E-state index contributed by atoms with van der Waals surface area (Å²) in [6.07, 6.45) is 30.7. The molecular formula is C43H72NO10P. The maximum atomic E-state index is 12.6. The maximum Gasteiger partial charge on any atom is 0.472 e. The largest absolute Gasteiger partial charge is 0.472 e. The minimum absolute atomic E-state index is 0.0341. The number of carbonyl (C=O) groups excluding carboxylic acids is 2. The first-order valence-electron chi connectivity index (χ1n) is 20.9. The van der Waals surface area contributed by atoms with Gasteiger partial charge < -0.3 is 29.3 Å².